The Kier molecular flexibility index (Phi) is 3.86. The first-order valence-corrected chi connectivity index (χ1v) is 8.15. The molecule has 0 aliphatic heterocycles. The van der Waals surface area contributed by atoms with Gasteiger partial charge in [0.25, 0.3) is 0 Å². The molecule has 24 heavy (non-hydrogen) atoms. The van der Waals surface area contributed by atoms with Crippen LogP contribution in [0, 0.1) is 0 Å². The number of benzene rings is 1. The van der Waals surface area contributed by atoms with Crippen molar-refractivity contribution in [2.45, 2.75) is 31.7 Å². The molecule has 2 aromatic heterocycles. The fraction of sp³-hybridized carbons (Fsp3) is 0.412. The lowest BCUT2D eigenvalue weighted by molar-refractivity contribution is 0.339. The molecule has 3 aromatic rings. The minimum Gasteiger partial charge on any atom is -0.339 e. The van der Waals surface area contributed by atoms with Crippen molar-refractivity contribution in [2.75, 3.05) is 14.1 Å². The highest BCUT2D eigenvalue weighted by Crippen LogP contribution is 2.30. The van der Waals surface area contributed by atoms with Crippen molar-refractivity contribution >= 4 is 0 Å². The normalized spacial score (nSPS) is 17.2. The van der Waals surface area contributed by atoms with Crippen LogP contribution in [0.15, 0.2) is 28.8 Å². The van der Waals surface area contributed by atoms with Crippen LogP contribution in [0.25, 0.3) is 11.4 Å². The van der Waals surface area contributed by atoms with Crippen LogP contribution in [0.1, 0.15) is 35.2 Å². The van der Waals surface area contributed by atoms with Gasteiger partial charge in [-0.2, -0.15) is 20.4 Å². The van der Waals surface area contributed by atoms with Crippen LogP contribution in [-0.4, -0.2) is 44.5 Å². The van der Waals surface area contributed by atoms with E-state index in [2.05, 4.69) is 56.7 Å². The molecule has 2 heterocycles. The number of hydrogen-bond acceptors (Lipinski definition) is 6. The first kappa shape index (κ1) is 15.0. The number of aromatic amines is 1. The van der Waals surface area contributed by atoms with Crippen molar-refractivity contribution in [1.82, 2.24) is 30.5 Å². The Morgan fingerprint density at radius 2 is 1.96 bits per heavy atom. The van der Waals surface area contributed by atoms with E-state index in [9.17, 15) is 0 Å². The summed E-state index contributed by atoms with van der Waals surface area (Å²) in [6.07, 6.45) is 2.66. The van der Waals surface area contributed by atoms with Crippen LogP contribution in [0.3, 0.4) is 0 Å². The van der Waals surface area contributed by atoms with Crippen molar-refractivity contribution in [1.29, 1.82) is 0 Å². The van der Waals surface area contributed by atoms with Crippen molar-refractivity contribution in [3.05, 3.63) is 47.1 Å². The summed E-state index contributed by atoms with van der Waals surface area (Å²) < 4.78 is 5.52. The van der Waals surface area contributed by atoms with Gasteiger partial charge in [0.1, 0.15) is 0 Å². The van der Waals surface area contributed by atoms with Gasteiger partial charge in [-0.15, -0.1) is 0 Å². The molecule has 1 N–H and O–H groups in total. The second-order valence-corrected chi connectivity index (χ2v) is 6.55. The number of aromatic nitrogens is 5. The second kappa shape index (κ2) is 6.16. The van der Waals surface area contributed by atoms with Gasteiger partial charge in [-0.1, -0.05) is 29.4 Å². The molecule has 0 amide bonds. The molecule has 1 atom stereocenters. The summed E-state index contributed by atoms with van der Waals surface area (Å²) in [6.45, 7) is 0.917. The van der Waals surface area contributed by atoms with E-state index in [1.807, 2.05) is 12.1 Å². The first-order chi connectivity index (χ1) is 11.7. The summed E-state index contributed by atoms with van der Waals surface area (Å²) in [5, 5.41) is 15.2. The summed E-state index contributed by atoms with van der Waals surface area (Å²) in [6, 6.07) is 8.30. The standard InChI is InChI=1S/C17H20N6O/c1-23(2)10-11-3-5-12(6-4-11)16-18-17(24-21-16)13-7-8-14-15(9-13)20-22-19-14/h3-6,13H,7-10H2,1-2H3,(H,19,20,22). The number of rotatable bonds is 4. The monoisotopic (exact) mass is 324 g/mol. The molecule has 0 saturated carbocycles. The van der Waals surface area contributed by atoms with Crippen LogP contribution in [0.5, 0.6) is 0 Å². The van der Waals surface area contributed by atoms with E-state index in [0.717, 1.165) is 42.8 Å². The average molecular weight is 324 g/mol. The molecule has 1 aliphatic rings. The Morgan fingerprint density at radius 1 is 1.17 bits per heavy atom. The van der Waals surface area contributed by atoms with Gasteiger partial charge in [-0.25, -0.2) is 0 Å². The molecule has 124 valence electrons. The Morgan fingerprint density at radius 3 is 2.75 bits per heavy atom. The van der Waals surface area contributed by atoms with Gasteiger partial charge in [0, 0.05) is 24.4 Å². The van der Waals surface area contributed by atoms with E-state index in [0.29, 0.717) is 11.7 Å². The van der Waals surface area contributed by atoms with Crippen LogP contribution in [0.4, 0.5) is 0 Å². The lowest BCUT2D eigenvalue weighted by atomic mass is 9.90. The summed E-state index contributed by atoms with van der Waals surface area (Å²) in [5.74, 6) is 1.56. The summed E-state index contributed by atoms with van der Waals surface area (Å²) in [5.41, 5.74) is 4.31. The molecule has 4 rings (SSSR count). The summed E-state index contributed by atoms with van der Waals surface area (Å²) in [4.78, 5) is 6.75. The number of fused-ring (bicyclic) bond motifs is 1. The number of hydrogen-bond donors (Lipinski definition) is 1. The minimum absolute atomic E-state index is 0.219. The molecule has 7 nitrogen and oxygen atoms in total. The van der Waals surface area contributed by atoms with Crippen LogP contribution < -0.4 is 0 Å². The fourth-order valence-electron chi connectivity index (χ4n) is 3.14. The largest absolute Gasteiger partial charge is 0.339 e. The molecule has 0 bridgehead atoms. The third-order valence-corrected chi connectivity index (χ3v) is 4.37. The van der Waals surface area contributed by atoms with E-state index < -0.39 is 0 Å². The highest BCUT2D eigenvalue weighted by Gasteiger charge is 2.27. The van der Waals surface area contributed by atoms with E-state index in [1.165, 1.54) is 5.56 Å². The Labute approximate surface area is 140 Å². The van der Waals surface area contributed by atoms with Crippen molar-refractivity contribution in [2.24, 2.45) is 0 Å². The molecule has 1 aromatic carbocycles. The lowest BCUT2D eigenvalue weighted by Gasteiger charge is -2.15. The van der Waals surface area contributed by atoms with E-state index in [-0.39, 0.29) is 5.92 Å². The molecular weight excluding hydrogens is 304 g/mol. The van der Waals surface area contributed by atoms with Crippen molar-refractivity contribution in [3.8, 4) is 11.4 Å². The third-order valence-electron chi connectivity index (χ3n) is 4.37. The van der Waals surface area contributed by atoms with Gasteiger partial charge in [0.2, 0.25) is 11.7 Å². The second-order valence-electron chi connectivity index (χ2n) is 6.55. The topological polar surface area (TPSA) is 83.7 Å². The number of nitrogens with one attached hydrogen (secondary N) is 1. The molecular formula is C17H20N6O. The van der Waals surface area contributed by atoms with Crippen molar-refractivity contribution in [3.63, 3.8) is 0 Å². The maximum absolute atomic E-state index is 5.52. The zero-order valence-corrected chi connectivity index (χ0v) is 13.9. The van der Waals surface area contributed by atoms with E-state index >= 15 is 0 Å². The smallest absolute Gasteiger partial charge is 0.230 e. The maximum atomic E-state index is 5.52. The molecule has 0 radical (unpaired) electrons. The zero-order chi connectivity index (χ0) is 16.5. The Balaban J connectivity index is 1.51. The van der Waals surface area contributed by atoms with Crippen LogP contribution in [-0.2, 0) is 19.4 Å². The van der Waals surface area contributed by atoms with Gasteiger partial charge >= 0.3 is 0 Å². The van der Waals surface area contributed by atoms with Crippen LogP contribution in [0.2, 0.25) is 0 Å². The SMILES string of the molecule is CN(C)Cc1ccc(-c2noc(C3CCc4n[nH]nc4C3)n2)cc1. The average Bonchev–Trinajstić information content (AvgIpc) is 3.23. The third kappa shape index (κ3) is 2.94. The zero-order valence-electron chi connectivity index (χ0n) is 13.9. The highest BCUT2D eigenvalue weighted by atomic mass is 16.5. The molecule has 0 spiro atoms. The number of H-pyrrole nitrogens is 1. The quantitative estimate of drug-likeness (QED) is 0.792. The first-order valence-electron chi connectivity index (χ1n) is 8.15. The number of nitrogens with zero attached hydrogens (tertiary/aromatic N) is 5. The highest BCUT2D eigenvalue weighted by molar-refractivity contribution is 5.54. The molecule has 7 heteroatoms. The summed E-state index contributed by atoms with van der Waals surface area (Å²) in [7, 11) is 4.12. The maximum Gasteiger partial charge on any atom is 0.230 e. The van der Waals surface area contributed by atoms with Gasteiger partial charge in [-0.05, 0) is 32.5 Å². The molecule has 1 unspecified atom stereocenters. The van der Waals surface area contributed by atoms with Gasteiger partial charge in [0.15, 0.2) is 0 Å². The van der Waals surface area contributed by atoms with Gasteiger partial charge in [0.05, 0.1) is 11.4 Å². The predicted octanol–water partition coefficient (Wildman–Crippen LogP) is 2.19. The van der Waals surface area contributed by atoms with E-state index in [1.54, 1.807) is 0 Å². The molecule has 0 fully saturated rings. The number of aryl methyl sites for hydroxylation is 1. The van der Waals surface area contributed by atoms with Crippen LogP contribution >= 0.6 is 0 Å². The predicted molar refractivity (Wildman–Crippen MR) is 88.3 cm³/mol. The molecule has 1 aliphatic carbocycles. The van der Waals surface area contributed by atoms with Gasteiger partial charge in [-0.3, -0.25) is 0 Å². The Bertz CT molecular complexity index is 820. The fourth-order valence-corrected chi connectivity index (χ4v) is 3.14. The summed E-state index contributed by atoms with van der Waals surface area (Å²) >= 11 is 0. The minimum atomic E-state index is 0.219. The molecule has 0 saturated heterocycles. The lowest BCUT2D eigenvalue weighted by Crippen LogP contribution is -2.13. The van der Waals surface area contributed by atoms with Crippen molar-refractivity contribution < 1.29 is 4.52 Å². The Hall–Kier alpha value is -2.54. The van der Waals surface area contributed by atoms with Gasteiger partial charge < -0.3 is 9.42 Å². The van der Waals surface area contributed by atoms with E-state index in [4.69, 9.17) is 4.52 Å².